The number of hydrogen-bond donors (Lipinski definition) is 2. The van der Waals surface area contributed by atoms with E-state index in [0.29, 0.717) is 42.9 Å². The van der Waals surface area contributed by atoms with Gasteiger partial charge in [0, 0.05) is 12.7 Å². The molecule has 0 fully saturated rings. The molecule has 0 aliphatic heterocycles. The number of fused-ring (bicyclic) bond motifs is 1. The Bertz CT molecular complexity index is 1330. The van der Waals surface area contributed by atoms with Crippen LogP contribution >= 0.6 is 22.7 Å². The van der Waals surface area contributed by atoms with Crippen LogP contribution < -0.4 is 15.6 Å². The number of hydrogen-bond acceptors (Lipinski definition) is 9. The zero-order valence-corrected chi connectivity index (χ0v) is 20.0. The highest BCUT2D eigenvalue weighted by atomic mass is 32.1. The SMILES string of the molecule is COCc1nc(OC)c2c(C)c(C(=O)NNC(=O)c3sc(-c4ccccc4)nc3C)sc2n1. The third-order valence-electron chi connectivity index (χ3n) is 4.79. The molecule has 3 heterocycles. The number of hydrazine groups is 1. The number of benzene rings is 1. The maximum Gasteiger partial charge on any atom is 0.281 e. The summed E-state index contributed by atoms with van der Waals surface area (Å²) in [6.45, 7) is 3.77. The first kappa shape index (κ1) is 22.8. The van der Waals surface area contributed by atoms with E-state index in [0.717, 1.165) is 10.6 Å². The standard InChI is InChI=1S/C22H21N5O4S2/c1-11-15-20(31-4)24-14(10-30-3)25-22(15)32-16(11)18(28)26-27-19(29)17-12(2)23-21(33-17)13-8-6-5-7-9-13/h5-9H,10H2,1-4H3,(H,26,28)(H,27,29). The fourth-order valence-electron chi connectivity index (χ4n) is 3.24. The van der Waals surface area contributed by atoms with Gasteiger partial charge in [-0.25, -0.2) is 9.97 Å². The van der Waals surface area contributed by atoms with Gasteiger partial charge in [-0.3, -0.25) is 20.4 Å². The van der Waals surface area contributed by atoms with Crippen molar-refractivity contribution in [2.75, 3.05) is 14.2 Å². The van der Waals surface area contributed by atoms with Gasteiger partial charge in [0.25, 0.3) is 11.8 Å². The van der Waals surface area contributed by atoms with Gasteiger partial charge in [0.15, 0.2) is 5.82 Å². The summed E-state index contributed by atoms with van der Waals surface area (Å²) in [6.07, 6.45) is 0. The molecule has 4 rings (SSSR count). The molecule has 2 N–H and O–H groups in total. The van der Waals surface area contributed by atoms with Gasteiger partial charge in [0.2, 0.25) is 5.88 Å². The van der Waals surface area contributed by atoms with Crippen molar-refractivity contribution in [3.63, 3.8) is 0 Å². The van der Waals surface area contributed by atoms with Crippen LogP contribution in [0.2, 0.25) is 0 Å². The van der Waals surface area contributed by atoms with Gasteiger partial charge in [-0.05, 0) is 19.4 Å². The molecule has 0 saturated carbocycles. The van der Waals surface area contributed by atoms with E-state index in [4.69, 9.17) is 9.47 Å². The summed E-state index contributed by atoms with van der Waals surface area (Å²) < 4.78 is 10.5. The van der Waals surface area contributed by atoms with E-state index in [1.165, 1.54) is 29.8 Å². The molecule has 0 aliphatic carbocycles. The lowest BCUT2D eigenvalue weighted by atomic mass is 10.2. The topological polar surface area (TPSA) is 115 Å². The van der Waals surface area contributed by atoms with Crippen LogP contribution in [0.4, 0.5) is 0 Å². The Kier molecular flexibility index (Phi) is 6.63. The van der Waals surface area contributed by atoms with Crippen LogP contribution in [0.5, 0.6) is 5.88 Å². The second kappa shape index (κ2) is 9.61. The Morgan fingerprint density at radius 3 is 2.30 bits per heavy atom. The summed E-state index contributed by atoms with van der Waals surface area (Å²) in [5.41, 5.74) is 7.17. The maximum absolute atomic E-state index is 12.9. The highest BCUT2D eigenvalue weighted by Gasteiger charge is 2.22. The quantitative estimate of drug-likeness (QED) is 0.402. The number of amides is 2. The number of aryl methyl sites for hydroxylation is 2. The van der Waals surface area contributed by atoms with E-state index < -0.39 is 11.8 Å². The number of thiazole rings is 1. The summed E-state index contributed by atoms with van der Waals surface area (Å²) in [5.74, 6) is -0.0560. The highest BCUT2D eigenvalue weighted by Crippen LogP contribution is 2.35. The number of carbonyl (C=O) groups excluding carboxylic acids is 2. The molecule has 33 heavy (non-hydrogen) atoms. The monoisotopic (exact) mass is 483 g/mol. The Morgan fingerprint density at radius 2 is 1.64 bits per heavy atom. The van der Waals surface area contributed by atoms with E-state index >= 15 is 0 Å². The molecule has 170 valence electrons. The second-order valence-corrected chi connectivity index (χ2v) is 9.02. The van der Waals surface area contributed by atoms with E-state index in [-0.39, 0.29) is 6.61 Å². The van der Waals surface area contributed by atoms with Crippen molar-refractivity contribution < 1.29 is 19.1 Å². The molecule has 3 aromatic heterocycles. The lowest BCUT2D eigenvalue weighted by Crippen LogP contribution is -2.41. The summed E-state index contributed by atoms with van der Waals surface area (Å²) >= 11 is 2.46. The molecule has 0 spiro atoms. The lowest BCUT2D eigenvalue weighted by molar-refractivity contribution is 0.0850. The van der Waals surface area contributed by atoms with Crippen molar-refractivity contribution in [3.05, 3.63) is 57.2 Å². The van der Waals surface area contributed by atoms with Crippen molar-refractivity contribution >= 4 is 44.7 Å². The largest absolute Gasteiger partial charge is 0.480 e. The molecule has 0 bridgehead atoms. The summed E-state index contributed by atoms with van der Waals surface area (Å²) in [6, 6.07) is 9.61. The van der Waals surface area contributed by atoms with Gasteiger partial charge in [-0.2, -0.15) is 4.98 Å². The molecule has 0 unspecified atom stereocenters. The smallest absolute Gasteiger partial charge is 0.281 e. The zero-order chi connectivity index (χ0) is 23.5. The third kappa shape index (κ3) is 4.56. The number of ether oxygens (including phenoxy) is 2. The molecular formula is C22H21N5O4S2. The number of rotatable bonds is 6. The van der Waals surface area contributed by atoms with Crippen LogP contribution in [0, 0.1) is 13.8 Å². The van der Waals surface area contributed by atoms with Gasteiger partial charge < -0.3 is 9.47 Å². The van der Waals surface area contributed by atoms with Crippen LogP contribution in [0.15, 0.2) is 30.3 Å². The van der Waals surface area contributed by atoms with Gasteiger partial charge in [-0.15, -0.1) is 22.7 Å². The van der Waals surface area contributed by atoms with Crippen molar-refractivity contribution in [1.29, 1.82) is 0 Å². The number of nitrogens with one attached hydrogen (secondary N) is 2. The Hall–Kier alpha value is -3.41. The molecule has 0 aliphatic rings. The fraction of sp³-hybridized carbons (Fsp3) is 0.227. The van der Waals surface area contributed by atoms with Crippen LogP contribution in [0.25, 0.3) is 20.8 Å². The molecule has 0 atom stereocenters. The van der Waals surface area contributed by atoms with Crippen molar-refractivity contribution in [2.45, 2.75) is 20.5 Å². The number of aromatic nitrogens is 3. The fourth-order valence-corrected chi connectivity index (χ4v) is 5.29. The molecule has 0 radical (unpaired) electrons. The van der Waals surface area contributed by atoms with E-state index in [1.54, 1.807) is 21.0 Å². The van der Waals surface area contributed by atoms with Gasteiger partial charge in [-0.1, -0.05) is 30.3 Å². The minimum absolute atomic E-state index is 0.222. The zero-order valence-electron chi connectivity index (χ0n) is 18.4. The summed E-state index contributed by atoms with van der Waals surface area (Å²) in [5, 5.41) is 1.40. The van der Waals surface area contributed by atoms with Crippen LogP contribution in [0.1, 0.15) is 36.4 Å². The second-order valence-electron chi connectivity index (χ2n) is 7.03. The highest BCUT2D eigenvalue weighted by molar-refractivity contribution is 7.20. The minimum atomic E-state index is -0.454. The Morgan fingerprint density at radius 1 is 0.939 bits per heavy atom. The van der Waals surface area contributed by atoms with E-state index in [9.17, 15) is 9.59 Å². The van der Waals surface area contributed by atoms with Crippen LogP contribution in [-0.4, -0.2) is 41.0 Å². The molecular weight excluding hydrogens is 462 g/mol. The van der Waals surface area contributed by atoms with Crippen LogP contribution in [-0.2, 0) is 11.3 Å². The number of thiophene rings is 1. The van der Waals surface area contributed by atoms with Crippen molar-refractivity contribution in [3.8, 4) is 16.5 Å². The first-order valence-corrected chi connectivity index (χ1v) is 11.5. The number of carbonyl (C=O) groups is 2. The predicted molar refractivity (Wildman–Crippen MR) is 127 cm³/mol. The average Bonchev–Trinajstić information content (AvgIpc) is 3.37. The third-order valence-corrected chi connectivity index (χ3v) is 7.18. The minimum Gasteiger partial charge on any atom is -0.480 e. The van der Waals surface area contributed by atoms with Crippen molar-refractivity contribution in [2.24, 2.45) is 0 Å². The lowest BCUT2D eigenvalue weighted by Gasteiger charge is -2.06. The number of nitrogens with zero attached hydrogens (tertiary/aromatic N) is 3. The Balaban J connectivity index is 1.53. The first-order valence-electron chi connectivity index (χ1n) is 9.89. The van der Waals surface area contributed by atoms with E-state index in [1.807, 2.05) is 30.3 Å². The number of methoxy groups -OCH3 is 2. The van der Waals surface area contributed by atoms with Gasteiger partial charge >= 0.3 is 0 Å². The normalized spacial score (nSPS) is 10.9. The van der Waals surface area contributed by atoms with Crippen molar-refractivity contribution in [1.82, 2.24) is 25.8 Å². The Labute approximate surface area is 197 Å². The summed E-state index contributed by atoms with van der Waals surface area (Å²) in [4.78, 5) is 40.3. The summed E-state index contributed by atoms with van der Waals surface area (Å²) in [7, 11) is 3.06. The molecule has 2 amide bonds. The van der Waals surface area contributed by atoms with Gasteiger partial charge in [0.05, 0.1) is 23.1 Å². The molecule has 11 heteroatoms. The predicted octanol–water partition coefficient (Wildman–Crippen LogP) is 3.66. The molecule has 4 aromatic rings. The van der Waals surface area contributed by atoms with Crippen LogP contribution in [0.3, 0.4) is 0 Å². The molecule has 9 nitrogen and oxygen atoms in total. The van der Waals surface area contributed by atoms with E-state index in [2.05, 4.69) is 25.8 Å². The molecule has 0 saturated heterocycles. The molecule has 1 aromatic carbocycles. The van der Waals surface area contributed by atoms with Gasteiger partial charge in [0.1, 0.15) is 21.3 Å². The first-order chi connectivity index (χ1) is 15.9. The average molecular weight is 484 g/mol. The maximum atomic E-state index is 12.9.